The highest BCUT2D eigenvalue weighted by Gasteiger charge is 2.29. The Morgan fingerprint density at radius 2 is 2.28 bits per heavy atom. The number of nitrogens with zero attached hydrogens (tertiary/aromatic N) is 3. The molecule has 1 aromatic heterocycles. The Bertz CT molecular complexity index is 509. The van der Waals surface area contributed by atoms with Gasteiger partial charge in [-0.3, -0.25) is 19.2 Å². The first-order valence-corrected chi connectivity index (χ1v) is 6.20. The minimum Gasteiger partial charge on any atom is -0.478 e. The third-order valence-corrected chi connectivity index (χ3v) is 3.54. The van der Waals surface area contributed by atoms with Crippen molar-refractivity contribution in [1.29, 1.82) is 0 Å². The van der Waals surface area contributed by atoms with Crippen LogP contribution in [-0.2, 0) is 18.4 Å². The number of aromatic carboxylic acids is 1. The van der Waals surface area contributed by atoms with Gasteiger partial charge < -0.3 is 5.11 Å². The summed E-state index contributed by atoms with van der Waals surface area (Å²) in [6, 6.07) is 0. The number of carbonyl (C=O) groups is 3. The molecule has 0 radical (unpaired) electrons. The average Bonchev–Trinajstić information content (AvgIpc) is 2.66. The maximum atomic E-state index is 11.6. The third kappa shape index (κ3) is 2.23. The Morgan fingerprint density at radius 3 is 2.89 bits per heavy atom. The Hall–Kier alpha value is -1.83. The molecule has 0 unspecified atom stereocenters. The van der Waals surface area contributed by atoms with Crippen molar-refractivity contribution in [3.05, 3.63) is 17.5 Å². The number of carbonyl (C=O) groups excluding carboxylic acids is 2. The highest BCUT2D eigenvalue weighted by atomic mass is 32.2. The van der Waals surface area contributed by atoms with E-state index in [1.807, 2.05) is 0 Å². The van der Waals surface area contributed by atoms with Crippen LogP contribution >= 0.6 is 11.8 Å². The zero-order chi connectivity index (χ0) is 13.3. The molecular weight excluding hydrogens is 258 g/mol. The summed E-state index contributed by atoms with van der Waals surface area (Å²) in [7, 11) is 1.58. The molecule has 1 aromatic rings. The van der Waals surface area contributed by atoms with Crippen LogP contribution in [0.2, 0.25) is 0 Å². The van der Waals surface area contributed by atoms with Crippen molar-refractivity contribution in [2.45, 2.75) is 13.0 Å². The van der Waals surface area contributed by atoms with Gasteiger partial charge in [0.2, 0.25) is 5.91 Å². The van der Waals surface area contributed by atoms with Crippen LogP contribution in [0.15, 0.2) is 6.20 Å². The summed E-state index contributed by atoms with van der Waals surface area (Å²) < 4.78 is 1.36. The van der Waals surface area contributed by atoms with Gasteiger partial charge in [-0.15, -0.1) is 0 Å². The van der Waals surface area contributed by atoms with Crippen LogP contribution < -0.4 is 0 Å². The quantitative estimate of drug-likeness (QED) is 0.868. The van der Waals surface area contributed by atoms with Gasteiger partial charge >= 0.3 is 5.97 Å². The smallest absolute Gasteiger partial charge is 0.339 e. The van der Waals surface area contributed by atoms with Gasteiger partial charge in [0.05, 0.1) is 18.4 Å². The van der Waals surface area contributed by atoms with E-state index in [1.165, 1.54) is 10.9 Å². The van der Waals surface area contributed by atoms with Gasteiger partial charge in [-0.2, -0.15) is 5.10 Å². The van der Waals surface area contributed by atoms with Gasteiger partial charge in [0.25, 0.3) is 5.24 Å². The van der Waals surface area contributed by atoms with Gasteiger partial charge in [0, 0.05) is 19.2 Å². The monoisotopic (exact) mass is 269 g/mol. The third-order valence-electron chi connectivity index (χ3n) is 2.66. The van der Waals surface area contributed by atoms with Crippen LogP contribution in [0, 0.1) is 0 Å². The first-order valence-electron chi connectivity index (χ1n) is 5.22. The van der Waals surface area contributed by atoms with E-state index in [0.29, 0.717) is 11.4 Å². The summed E-state index contributed by atoms with van der Waals surface area (Å²) in [5.41, 5.74) is 0.348. The van der Waals surface area contributed by atoms with Crippen LogP contribution in [0.1, 0.15) is 22.5 Å². The van der Waals surface area contributed by atoms with Crippen molar-refractivity contribution < 1.29 is 19.5 Å². The Balaban J connectivity index is 2.28. The molecule has 1 aliphatic rings. The summed E-state index contributed by atoms with van der Waals surface area (Å²) in [5.74, 6) is -0.926. The summed E-state index contributed by atoms with van der Waals surface area (Å²) in [5, 5.41) is 12.5. The SMILES string of the molecule is Cn1ncc(C(=O)O)c1CN1C(=O)CCSC1=O. The second-order valence-corrected chi connectivity index (χ2v) is 4.82. The number of carboxylic acid groups (broad SMARTS) is 1. The number of thioether (sulfide) groups is 1. The second-order valence-electron chi connectivity index (χ2n) is 3.78. The number of aryl methyl sites for hydroxylation is 1. The lowest BCUT2D eigenvalue weighted by Gasteiger charge is -2.24. The van der Waals surface area contributed by atoms with Crippen LogP contribution in [0.5, 0.6) is 0 Å². The molecule has 18 heavy (non-hydrogen) atoms. The minimum absolute atomic E-state index is 0.00803. The number of aromatic nitrogens is 2. The number of rotatable bonds is 3. The molecule has 0 saturated carbocycles. The maximum absolute atomic E-state index is 11.6. The fourth-order valence-corrected chi connectivity index (χ4v) is 2.45. The predicted octanol–water partition coefficient (Wildman–Crippen LogP) is 0.704. The van der Waals surface area contributed by atoms with Gasteiger partial charge in [0.15, 0.2) is 0 Å². The van der Waals surface area contributed by atoms with Crippen LogP contribution in [0.4, 0.5) is 4.79 Å². The molecule has 2 heterocycles. The van der Waals surface area contributed by atoms with E-state index in [2.05, 4.69) is 5.10 Å². The summed E-state index contributed by atoms with van der Waals surface area (Å²) >= 11 is 1.06. The normalized spacial score (nSPS) is 16.2. The van der Waals surface area contributed by atoms with E-state index >= 15 is 0 Å². The Kier molecular flexibility index (Phi) is 3.37. The number of hydrogen-bond acceptors (Lipinski definition) is 5. The Morgan fingerprint density at radius 1 is 1.56 bits per heavy atom. The molecule has 1 fully saturated rings. The summed E-state index contributed by atoms with van der Waals surface area (Å²) in [4.78, 5) is 35.3. The molecule has 7 nitrogen and oxygen atoms in total. The molecule has 1 N–H and O–H groups in total. The largest absolute Gasteiger partial charge is 0.478 e. The molecule has 0 spiro atoms. The lowest BCUT2D eigenvalue weighted by molar-refractivity contribution is -0.128. The average molecular weight is 269 g/mol. The van der Waals surface area contributed by atoms with Crippen molar-refractivity contribution in [2.24, 2.45) is 7.05 Å². The van der Waals surface area contributed by atoms with E-state index in [-0.39, 0.29) is 29.7 Å². The molecule has 2 rings (SSSR count). The molecule has 96 valence electrons. The molecule has 1 aliphatic heterocycles. The molecule has 2 amide bonds. The highest BCUT2D eigenvalue weighted by Crippen LogP contribution is 2.21. The van der Waals surface area contributed by atoms with E-state index in [4.69, 9.17) is 5.11 Å². The Labute approximate surface area is 107 Å². The molecule has 0 aliphatic carbocycles. The van der Waals surface area contributed by atoms with Gasteiger partial charge in [0.1, 0.15) is 5.56 Å². The van der Waals surface area contributed by atoms with Gasteiger partial charge in [-0.25, -0.2) is 4.79 Å². The first-order chi connectivity index (χ1) is 8.50. The van der Waals surface area contributed by atoms with Crippen molar-refractivity contribution in [2.75, 3.05) is 5.75 Å². The van der Waals surface area contributed by atoms with Crippen LogP contribution in [0.3, 0.4) is 0 Å². The fraction of sp³-hybridized carbons (Fsp3) is 0.400. The van der Waals surface area contributed by atoms with Crippen LogP contribution in [0.25, 0.3) is 0 Å². The van der Waals surface area contributed by atoms with E-state index in [9.17, 15) is 14.4 Å². The predicted molar refractivity (Wildman–Crippen MR) is 63.2 cm³/mol. The fourth-order valence-electron chi connectivity index (χ4n) is 1.67. The maximum Gasteiger partial charge on any atom is 0.339 e. The van der Waals surface area contributed by atoms with Gasteiger partial charge in [-0.1, -0.05) is 11.8 Å². The molecule has 0 aromatic carbocycles. The molecular formula is C10H11N3O4S. The molecule has 1 saturated heterocycles. The molecule has 8 heteroatoms. The topological polar surface area (TPSA) is 92.5 Å². The standard InChI is InChI=1S/C10H11N3O4S/c1-12-7(6(4-11-12)9(15)16)5-13-8(14)2-3-18-10(13)17/h4H,2-3,5H2,1H3,(H,15,16). The lowest BCUT2D eigenvalue weighted by Crippen LogP contribution is -2.38. The summed E-state index contributed by atoms with van der Waals surface area (Å²) in [6.45, 7) is -0.0528. The summed E-state index contributed by atoms with van der Waals surface area (Å²) in [6.07, 6.45) is 1.50. The van der Waals surface area contributed by atoms with E-state index in [0.717, 1.165) is 16.7 Å². The number of imide groups is 1. The van der Waals surface area contributed by atoms with Crippen molar-refractivity contribution in [1.82, 2.24) is 14.7 Å². The number of amides is 2. The number of hydrogen-bond donors (Lipinski definition) is 1. The molecule has 0 atom stereocenters. The van der Waals surface area contributed by atoms with Crippen LogP contribution in [-0.4, -0.2) is 42.7 Å². The van der Waals surface area contributed by atoms with Crippen molar-refractivity contribution in [3.63, 3.8) is 0 Å². The molecule has 0 bridgehead atoms. The van der Waals surface area contributed by atoms with E-state index in [1.54, 1.807) is 7.05 Å². The first kappa shape index (κ1) is 12.6. The number of carboxylic acids is 1. The lowest BCUT2D eigenvalue weighted by atomic mass is 10.2. The van der Waals surface area contributed by atoms with E-state index < -0.39 is 5.97 Å². The zero-order valence-electron chi connectivity index (χ0n) is 9.62. The highest BCUT2D eigenvalue weighted by molar-refractivity contribution is 8.13. The van der Waals surface area contributed by atoms with Gasteiger partial charge in [-0.05, 0) is 0 Å². The van der Waals surface area contributed by atoms with Crippen molar-refractivity contribution in [3.8, 4) is 0 Å². The second kappa shape index (κ2) is 4.81. The zero-order valence-corrected chi connectivity index (χ0v) is 10.4. The van der Waals surface area contributed by atoms with Crippen molar-refractivity contribution >= 4 is 28.9 Å². The minimum atomic E-state index is -1.12.